The minimum atomic E-state index is -1.55. The van der Waals surface area contributed by atoms with E-state index in [1.807, 2.05) is 17.2 Å². The molecule has 0 aliphatic rings. The van der Waals surface area contributed by atoms with Gasteiger partial charge in [-0.25, -0.2) is 13.6 Å². The number of urea groups is 1. The van der Waals surface area contributed by atoms with Crippen LogP contribution in [0.1, 0.15) is 30.9 Å². The number of hydrogen-bond donors (Lipinski definition) is 0. The smallest absolute Gasteiger partial charge is 0.325 e. The number of ether oxygens (including phenoxy) is 1. The lowest BCUT2D eigenvalue weighted by molar-refractivity contribution is -0.120. The highest BCUT2D eigenvalue weighted by atomic mass is 19.1. The molecular formula is C31H35F2N5O4. The van der Waals surface area contributed by atoms with Crippen LogP contribution in [0.5, 0.6) is 0 Å². The molecule has 222 valence electrons. The van der Waals surface area contributed by atoms with Gasteiger partial charge in [0.05, 0.1) is 11.9 Å². The third-order valence-corrected chi connectivity index (χ3v) is 6.82. The van der Waals surface area contributed by atoms with Crippen LogP contribution in [0.2, 0.25) is 0 Å². The van der Waals surface area contributed by atoms with E-state index in [-0.39, 0.29) is 25.1 Å². The van der Waals surface area contributed by atoms with Crippen LogP contribution in [0.15, 0.2) is 54.9 Å². The Balaban J connectivity index is 1.83. The van der Waals surface area contributed by atoms with Crippen LogP contribution in [0, 0.1) is 23.5 Å². The standard InChI is InChI=1S/C31H35F2N5O4/c1-31(23-40,13-17-39)38(16-15-35(2)26-21-34-37(22-26)14-8-18-42-4)30(41)36(3)29-27(32)19-25(20-28(29)33)12-11-24-9-6-5-7-10-24/h5-7,9-10,17,19-23H,8,13-16,18H2,1-4H3. The summed E-state index contributed by atoms with van der Waals surface area (Å²) in [4.78, 5) is 41.1. The van der Waals surface area contributed by atoms with Crippen molar-refractivity contribution in [1.82, 2.24) is 14.7 Å². The van der Waals surface area contributed by atoms with E-state index in [1.165, 1.54) is 14.0 Å². The van der Waals surface area contributed by atoms with Crippen LogP contribution in [-0.2, 0) is 20.9 Å². The van der Waals surface area contributed by atoms with Gasteiger partial charge < -0.3 is 24.1 Å². The van der Waals surface area contributed by atoms with Crippen LogP contribution in [-0.4, -0.2) is 79.7 Å². The molecule has 1 heterocycles. The normalized spacial score (nSPS) is 12.0. The van der Waals surface area contributed by atoms with Gasteiger partial charge in [-0.1, -0.05) is 30.0 Å². The number of aromatic nitrogens is 2. The molecule has 3 rings (SSSR count). The average Bonchev–Trinajstić information content (AvgIpc) is 3.45. The first-order valence-corrected chi connectivity index (χ1v) is 13.4. The highest BCUT2D eigenvalue weighted by Gasteiger charge is 2.38. The number of aryl methyl sites for hydroxylation is 1. The van der Waals surface area contributed by atoms with Crippen LogP contribution < -0.4 is 9.80 Å². The van der Waals surface area contributed by atoms with Gasteiger partial charge in [0.2, 0.25) is 0 Å². The highest BCUT2D eigenvalue weighted by molar-refractivity contribution is 5.94. The highest BCUT2D eigenvalue weighted by Crippen LogP contribution is 2.27. The van der Waals surface area contributed by atoms with Crippen molar-refractivity contribution in [2.24, 2.45) is 0 Å². The van der Waals surface area contributed by atoms with Gasteiger partial charge in [0.1, 0.15) is 23.8 Å². The largest absolute Gasteiger partial charge is 0.385 e. The zero-order valence-electron chi connectivity index (χ0n) is 24.2. The van der Waals surface area contributed by atoms with Gasteiger partial charge in [0.25, 0.3) is 0 Å². The zero-order valence-corrected chi connectivity index (χ0v) is 24.2. The van der Waals surface area contributed by atoms with Crippen LogP contribution in [0.25, 0.3) is 0 Å². The van der Waals surface area contributed by atoms with E-state index in [2.05, 4.69) is 16.9 Å². The number of amides is 2. The predicted octanol–water partition coefficient (Wildman–Crippen LogP) is 4.14. The summed E-state index contributed by atoms with van der Waals surface area (Å²) in [5.74, 6) is 3.58. The minimum Gasteiger partial charge on any atom is -0.385 e. The van der Waals surface area contributed by atoms with E-state index in [0.717, 1.165) is 34.0 Å². The van der Waals surface area contributed by atoms with Gasteiger partial charge in [0.15, 0.2) is 11.6 Å². The molecule has 1 unspecified atom stereocenters. The maximum Gasteiger partial charge on any atom is 0.325 e. The van der Waals surface area contributed by atoms with Crippen molar-refractivity contribution in [3.05, 3.63) is 77.6 Å². The second kappa shape index (κ2) is 14.9. The molecule has 42 heavy (non-hydrogen) atoms. The zero-order chi connectivity index (χ0) is 30.7. The molecule has 0 aliphatic heterocycles. The van der Waals surface area contributed by atoms with Crippen LogP contribution in [0.3, 0.4) is 0 Å². The molecule has 0 aliphatic carbocycles. The molecule has 0 saturated carbocycles. The molecule has 2 aromatic carbocycles. The Kier molecular flexibility index (Phi) is 11.3. The fraction of sp³-hybridized carbons (Fsp3) is 0.355. The molecule has 0 N–H and O–H groups in total. The molecule has 2 amide bonds. The van der Waals surface area contributed by atoms with Gasteiger partial charge in [-0.2, -0.15) is 5.10 Å². The maximum absolute atomic E-state index is 15.2. The Morgan fingerprint density at radius 2 is 1.74 bits per heavy atom. The molecule has 9 nitrogen and oxygen atoms in total. The van der Waals surface area contributed by atoms with Gasteiger partial charge in [0, 0.05) is 71.2 Å². The average molecular weight is 580 g/mol. The number of likely N-dealkylation sites (N-methyl/N-ethyl adjacent to an activating group) is 1. The molecule has 11 heteroatoms. The third kappa shape index (κ3) is 8.01. The van der Waals surface area contributed by atoms with Crippen molar-refractivity contribution in [3.63, 3.8) is 0 Å². The predicted molar refractivity (Wildman–Crippen MR) is 156 cm³/mol. The van der Waals surface area contributed by atoms with Crippen LogP contribution in [0.4, 0.5) is 25.0 Å². The lowest BCUT2D eigenvalue weighted by Gasteiger charge is -2.39. The topological polar surface area (TPSA) is 88.0 Å². The summed E-state index contributed by atoms with van der Waals surface area (Å²) in [5, 5.41) is 4.33. The van der Waals surface area contributed by atoms with E-state index in [1.54, 1.807) is 49.3 Å². The Bertz CT molecular complexity index is 1410. The number of carbonyl (C=O) groups excluding carboxylic acids is 3. The Hall–Kier alpha value is -4.56. The molecule has 3 aromatic rings. The molecule has 0 fully saturated rings. The first kappa shape index (κ1) is 32.0. The van der Waals surface area contributed by atoms with E-state index in [4.69, 9.17) is 4.74 Å². The Morgan fingerprint density at radius 1 is 1.07 bits per heavy atom. The maximum atomic E-state index is 15.2. The van der Waals surface area contributed by atoms with Gasteiger partial charge in [-0.05, 0) is 37.6 Å². The summed E-state index contributed by atoms with van der Waals surface area (Å²) in [6.07, 6.45) is 5.02. The van der Waals surface area contributed by atoms with Gasteiger partial charge in [-0.3, -0.25) is 9.58 Å². The SMILES string of the molecule is COCCCn1cc(N(C)CCN(C(=O)N(C)c2c(F)cc(C#Cc3ccccc3)cc2F)C(C)(C=O)CC=O)cn1. The molecule has 0 radical (unpaired) electrons. The number of aldehydes is 2. The molecule has 0 saturated heterocycles. The first-order chi connectivity index (χ1) is 20.1. The lowest BCUT2D eigenvalue weighted by atomic mass is 9.98. The molecule has 0 spiro atoms. The number of rotatable bonds is 13. The summed E-state index contributed by atoms with van der Waals surface area (Å²) in [5.41, 5.74) is -0.608. The second-order valence-electron chi connectivity index (χ2n) is 9.97. The van der Waals surface area contributed by atoms with Crippen molar-refractivity contribution in [3.8, 4) is 11.8 Å². The number of halogens is 2. The van der Waals surface area contributed by atoms with E-state index in [0.29, 0.717) is 31.3 Å². The van der Waals surface area contributed by atoms with Crippen molar-refractivity contribution >= 4 is 30.0 Å². The fourth-order valence-corrected chi connectivity index (χ4v) is 4.28. The number of carbonyl (C=O) groups is 3. The quantitative estimate of drug-likeness (QED) is 0.172. The summed E-state index contributed by atoms with van der Waals surface area (Å²) in [7, 11) is 4.63. The number of anilines is 2. The molecule has 0 bridgehead atoms. The van der Waals surface area contributed by atoms with Crippen molar-refractivity contribution in [2.45, 2.75) is 31.8 Å². The summed E-state index contributed by atoms with van der Waals surface area (Å²) < 4.78 is 37.3. The van der Waals surface area contributed by atoms with Gasteiger partial charge in [-0.15, -0.1) is 0 Å². The number of nitrogens with zero attached hydrogens (tertiary/aromatic N) is 5. The summed E-state index contributed by atoms with van der Waals surface area (Å²) in [6.45, 7) is 2.91. The molecule has 1 atom stereocenters. The lowest BCUT2D eigenvalue weighted by Crippen LogP contribution is -2.57. The minimum absolute atomic E-state index is 0.0263. The monoisotopic (exact) mass is 579 g/mol. The van der Waals surface area contributed by atoms with Crippen molar-refractivity contribution in [1.29, 1.82) is 0 Å². The fourth-order valence-electron chi connectivity index (χ4n) is 4.28. The number of hydrogen-bond acceptors (Lipinski definition) is 6. The Morgan fingerprint density at radius 3 is 2.36 bits per heavy atom. The number of benzene rings is 2. The Labute approximate surface area is 244 Å². The van der Waals surface area contributed by atoms with E-state index in [9.17, 15) is 14.4 Å². The second-order valence-corrected chi connectivity index (χ2v) is 9.97. The molecule has 1 aromatic heterocycles. The van der Waals surface area contributed by atoms with Crippen molar-refractivity contribution in [2.75, 3.05) is 50.7 Å². The van der Waals surface area contributed by atoms with Gasteiger partial charge >= 0.3 is 6.03 Å². The van der Waals surface area contributed by atoms with Crippen LogP contribution >= 0.6 is 0 Å². The summed E-state index contributed by atoms with van der Waals surface area (Å²) >= 11 is 0. The van der Waals surface area contributed by atoms with Crippen molar-refractivity contribution < 1.29 is 27.9 Å². The number of methoxy groups -OCH3 is 1. The molecular weight excluding hydrogens is 544 g/mol. The summed E-state index contributed by atoms with van der Waals surface area (Å²) in [6, 6.07) is 10.2. The first-order valence-electron chi connectivity index (χ1n) is 13.4. The third-order valence-electron chi connectivity index (χ3n) is 6.82. The van der Waals surface area contributed by atoms with E-state index >= 15 is 8.78 Å². The van der Waals surface area contributed by atoms with E-state index < -0.39 is 28.9 Å².